The van der Waals surface area contributed by atoms with E-state index < -0.39 is 0 Å². The monoisotopic (exact) mass is 240 g/mol. The molecule has 0 spiro atoms. The van der Waals surface area contributed by atoms with E-state index in [1.165, 1.54) is 57.8 Å². The largest absolute Gasteiger partial charge is 0.336 e. The summed E-state index contributed by atoms with van der Waals surface area (Å²) in [5.41, 5.74) is 0. The third-order valence-corrected chi connectivity index (χ3v) is 3.48. The second kappa shape index (κ2) is 9.32. The topological polar surface area (TPSA) is 32.3 Å². The van der Waals surface area contributed by atoms with Gasteiger partial charge in [-0.25, -0.2) is 4.79 Å². The van der Waals surface area contributed by atoms with Crippen molar-refractivity contribution in [3.63, 3.8) is 0 Å². The van der Waals surface area contributed by atoms with Gasteiger partial charge in [-0.05, 0) is 6.42 Å². The Morgan fingerprint density at radius 3 is 2.12 bits per heavy atom. The van der Waals surface area contributed by atoms with Crippen LogP contribution >= 0.6 is 0 Å². The predicted octanol–water partition coefficient (Wildman–Crippen LogP) is 3.54. The van der Waals surface area contributed by atoms with Crippen LogP contribution in [0.2, 0.25) is 0 Å². The predicted molar refractivity (Wildman–Crippen MR) is 72.2 cm³/mol. The molecule has 0 unspecified atom stereocenters. The number of unbranched alkanes of at least 4 members (excludes halogenated alkanes) is 8. The molecular weight excluding hydrogens is 212 g/mol. The lowest BCUT2D eigenvalue weighted by Gasteiger charge is -2.13. The molecule has 0 aromatic rings. The lowest BCUT2D eigenvalue weighted by molar-refractivity contribution is 0.216. The van der Waals surface area contributed by atoms with Gasteiger partial charge in [0.25, 0.3) is 0 Å². The van der Waals surface area contributed by atoms with Gasteiger partial charge >= 0.3 is 6.03 Å². The van der Waals surface area contributed by atoms with Gasteiger partial charge in [-0.3, -0.25) is 0 Å². The van der Waals surface area contributed by atoms with Crippen LogP contribution in [-0.2, 0) is 0 Å². The number of amides is 2. The minimum absolute atomic E-state index is 0.129. The van der Waals surface area contributed by atoms with Gasteiger partial charge in [-0.2, -0.15) is 0 Å². The number of hydrogen-bond acceptors (Lipinski definition) is 1. The van der Waals surface area contributed by atoms with E-state index in [0.29, 0.717) is 0 Å². The molecule has 1 fully saturated rings. The van der Waals surface area contributed by atoms with Gasteiger partial charge in [0.2, 0.25) is 0 Å². The minimum atomic E-state index is 0.129. The zero-order valence-electron chi connectivity index (χ0n) is 11.3. The van der Waals surface area contributed by atoms with Gasteiger partial charge in [-0.15, -0.1) is 0 Å². The van der Waals surface area contributed by atoms with Crippen LogP contribution in [-0.4, -0.2) is 30.6 Å². The van der Waals surface area contributed by atoms with E-state index in [9.17, 15) is 4.79 Å². The average molecular weight is 240 g/mol. The summed E-state index contributed by atoms with van der Waals surface area (Å²) < 4.78 is 0. The highest BCUT2D eigenvalue weighted by Gasteiger charge is 2.17. The molecule has 17 heavy (non-hydrogen) atoms. The molecular formula is C14H28N2O. The summed E-state index contributed by atoms with van der Waals surface area (Å²) in [6.07, 6.45) is 12.1. The lowest BCUT2D eigenvalue weighted by Crippen LogP contribution is -2.28. The Morgan fingerprint density at radius 2 is 1.59 bits per heavy atom. The van der Waals surface area contributed by atoms with E-state index in [-0.39, 0.29) is 6.03 Å². The Morgan fingerprint density at radius 1 is 1.00 bits per heavy atom. The number of hydrogen-bond donors (Lipinski definition) is 1. The van der Waals surface area contributed by atoms with Crippen molar-refractivity contribution in [2.45, 2.75) is 64.7 Å². The molecule has 3 nitrogen and oxygen atoms in total. The maximum atomic E-state index is 11.3. The number of nitrogens with zero attached hydrogens (tertiary/aromatic N) is 1. The molecule has 3 heteroatoms. The second-order valence-corrected chi connectivity index (χ2v) is 5.05. The molecule has 1 aliphatic rings. The van der Waals surface area contributed by atoms with Gasteiger partial charge in [0.15, 0.2) is 0 Å². The third kappa shape index (κ3) is 6.54. The Bertz CT molecular complexity index is 206. The van der Waals surface area contributed by atoms with Crippen LogP contribution in [0.4, 0.5) is 4.79 Å². The second-order valence-electron chi connectivity index (χ2n) is 5.05. The summed E-state index contributed by atoms with van der Waals surface area (Å²) in [7, 11) is 0. The molecule has 1 rings (SSSR count). The Labute approximate surface area is 106 Å². The lowest BCUT2D eigenvalue weighted by atomic mass is 10.1. The van der Waals surface area contributed by atoms with Crippen molar-refractivity contribution in [2.75, 3.05) is 19.6 Å². The van der Waals surface area contributed by atoms with Crippen LogP contribution in [0, 0.1) is 0 Å². The molecule has 0 aromatic heterocycles. The molecule has 1 aliphatic heterocycles. The number of urea groups is 1. The van der Waals surface area contributed by atoms with Crippen molar-refractivity contribution in [3.05, 3.63) is 0 Å². The van der Waals surface area contributed by atoms with Crippen molar-refractivity contribution in [3.8, 4) is 0 Å². The fourth-order valence-corrected chi connectivity index (χ4v) is 2.34. The summed E-state index contributed by atoms with van der Waals surface area (Å²) >= 11 is 0. The molecule has 1 saturated heterocycles. The Balaban J connectivity index is 1.80. The molecule has 0 radical (unpaired) electrons. The van der Waals surface area contributed by atoms with Crippen LogP contribution in [0.3, 0.4) is 0 Å². The molecule has 1 heterocycles. The van der Waals surface area contributed by atoms with Crippen LogP contribution in [0.15, 0.2) is 0 Å². The van der Waals surface area contributed by atoms with Crippen molar-refractivity contribution in [2.24, 2.45) is 0 Å². The quantitative estimate of drug-likeness (QED) is 0.582. The van der Waals surface area contributed by atoms with Crippen LogP contribution in [0.25, 0.3) is 0 Å². The number of nitrogens with one attached hydrogen (secondary N) is 1. The van der Waals surface area contributed by atoms with E-state index in [4.69, 9.17) is 0 Å². The highest BCUT2D eigenvalue weighted by Crippen LogP contribution is 2.10. The first-order chi connectivity index (χ1) is 8.34. The average Bonchev–Trinajstić information content (AvgIpc) is 2.73. The van der Waals surface area contributed by atoms with Crippen molar-refractivity contribution in [1.29, 1.82) is 0 Å². The zero-order valence-corrected chi connectivity index (χ0v) is 11.3. The van der Waals surface area contributed by atoms with Gasteiger partial charge in [0, 0.05) is 19.6 Å². The third-order valence-electron chi connectivity index (χ3n) is 3.48. The number of carbonyl (C=O) groups is 1. The number of carbonyl (C=O) groups excluding carboxylic acids is 1. The van der Waals surface area contributed by atoms with Crippen LogP contribution in [0.5, 0.6) is 0 Å². The molecule has 0 aliphatic carbocycles. The molecule has 0 aromatic carbocycles. The fraction of sp³-hybridized carbons (Fsp3) is 0.929. The molecule has 0 atom stereocenters. The normalized spacial score (nSPS) is 15.4. The summed E-state index contributed by atoms with van der Waals surface area (Å²) in [6, 6.07) is 0.129. The molecule has 100 valence electrons. The van der Waals surface area contributed by atoms with E-state index in [1.807, 2.05) is 4.90 Å². The van der Waals surface area contributed by atoms with Gasteiger partial charge in [0.1, 0.15) is 0 Å². The maximum absolute atomic E-state index is 11.3. The minimum Gasteiger partial charge on any atom is -0.336 e. The van der Waals surface area contributed by atoms with Crippen LogP contribution in [0.1, 0.15) is 64.7 Å². The van der Waals surface area contributed by atoms with E-state index in [1.54, 1.807) is 0 Å². The van der Waals surface area contributed by atoms with Gasteiger partial charge in [0.05, 0.1) is 0 Å². The number of rotatable bonds is 10. The Hall–Kier alpha value is -0.730. The van der Waals surface area contributed by atoms with Crippen molar-refractivity contribution in [1.82, 2.24) is 10.2 Å². The first-order valence-electron chi connectivity index (χ1n) is 7.37. The molecule has 0 saturated carbocycles. The van der Waals surface area contributed by atoms with E-state index in [2.05, 4.69) is 12.2 Å². The van der Waals surface area contributed by atoms with Gasteiger partial charge in [-0.1, -0.05) is 58.3 Å². The summed E-state index contributed by atoms with van der Waals surface area (Å²) in [4.78, 5) is 13.2. The van der Waals surface area contributed by atoms with E-state index >= 15 is 0 Å². The van der Waals surface area contributed by atoms with E-state index in [0.717, 1.165) is 19.6 Å². The van der Waals surface area contributed by atoms with Crippen molar-refractivity contribution < 1.29 is 4.79 Å². The Kier molecular flexibility index (Phi) is 7.85. The fourth-order valence-electron chi connectivity index (χ4n) is 2.34. The maximum Gasteiger partial charge on any atom is 0.317 e. The highest BCUT2D eigenvalue weighted by atomic mass is 16.2. The van der Waals surface area contributed by atoms with Gasteiger partial charge < -0.3 is 10.2 Å². The van der Waals surface area contributed by atoms with Crippen molar-refractivity contribution >= 4 is 6.03 Å². The summed E-state index contributed by atoms with van der Waals surface area (Å²) in [6.45, 7) is 4.93. The summed E-state index contributed by atoms with van der Waals surface area (Å²) in [5.74, 6) is 0. The molecule has 0 bridgehead atoms. The first-order valence-corrected chi connectivity index (χ1v) is 7.37. The molecule has 1 N–H and O–H groups in total. The first kappa shape index (κ1) is 14.3. The highest BCUT2D eigenvalue weighted by molar-refractivity contribution is 5.76. The SMILES string of the molecule is CCCCCCCCCCCN1CCNC1=O. The zero-order chi connectivity index (χ0) is 12.3. The smallest absolute Gasteiger partial charge is 0.317 e. The summed E-state index contributed by atoms with van der Waals surface area (Å²) in [5, 5.41) is 2.84. The van der Waals surface area contributed by atoms with Crippen LogP contribution < -0.4 is 5.32 Å². The standard InChI is InChI=1S/C14H28N2O/c1-2-3-4-5-6-7-8-9-10-12-16-13-11-15-14(16)17/h2-13H2,1H3,(H,15,17). The molecule has 2 amide bonds.